The van der Waals surface area contributed by atoms with E-state index in [-0.39, 0.29) is 38.9 Å². The van der Waals surface area contributed by atoms with Gasteiger partial charge in [0.1, 0.15) is 0 Å². The number of esters is 4. The van der Waals surface area contributed by atoms with E-state index >= 15 is 0 Å². The number of hydrogen-bond acceptors (Lipinski definition) is 8. The van der Waals surface area contributed by atoms with Gasteiger partial charge in [0.25, 0.3) is 0 Å². The highest BCUT2D eigenvalue weighted by Crippen LogP contribution is 2.46. The SMILES string of the molecule is O=C1OC(=O)c2c(-c3ccc(N(c4ccccc4)c4ccccc4)cc3)cc3c4c(c([C@@H]5C=CC(N(c6ccccc6)c6ccccc6)=CC5)cc1c24)C(=O)OC3=O. The van der Waals surface area contributed by atoms with Gasteiger partial charge in [-0.1, -0.05) is 97.1 Å². The van der Waals surface area contributed by atoms with Crippen LogP contribution in [0.25, 0.3) is 21.9 Å². The fraction of sp³-hybridized carbons (Fsp3) is 0.0400. The summed E-state index contributed by atoms with van der Waals surface area (Å²) >= 11 is 0. The summed E-state index contributed by atoms with van der Waals surface area (Å²) in [6, 6.07) is 50.8. The van der Waals surface area contributed by atoms with Gasteiger partial charge in [-0.15, -0.1) is 0 Å². The minimum absolute atomic E-state index is 0.101. The third kappa shape index (κ3) is 5.78. The number of para-hydroxylation sites is 4. The molecule has 0 unspecified atom stereocenters. The van der Waals surface area contributed by atoms with Crippen LogP contribution in [-0.4, -0.2) is 23.9 Å². The summed E-state index contributed by atoms with van der Waals surface area (Å²) in [5.74, 6) is -3.73. The lowest BCUT2D eigenvalue weighted by atomic mass is 9.79. The topological polar surface area (TPSA) is 93.2 Å². The van der Waals surface area contributed by atoms with Crippen molar-refractivity contribution in [2.75, 3.05) is 9.80 Å². The Morgan fingerprint density at radius 2 is 0.897 bits per heavy atom. The molecule has 0 saturated carbocycles. The molecular weight excluding hydrogens is 725 g/mol. The molecule has 7 aromatic carbocycles. The van der Waals surface area contributed by atoms with E-state index in [4.69, 9.17) is 9.47 Å². The fourth-order valence-corrected chi connectivity index (χ4v) is 8.31. The molecule has 1 aliphatic carbocycles. The summed E-state index contributed by atoms with van der Waals surface area (Å²) in [5, 5.41) is 0.443. The number of benzene rings is 7. The largest absolute Gasteiger partial charge is 0.386 e. The number of carbonyl (C=O) groups is 4. The second-order valence-electron chi connectivity index (χ2n) is 14.2. The quantitative estimate of drug-likeness (QED) is 0.112. The maximum Gasteiger partial charge on any atom is 0.347 e. The van der Waals surface area contributed by atoms with Crippen molar-refractivity contribution in [3.8, 4) is 11.1 Å². The van der Waals surface area contributed by atoms with Gasteiger partial charge in [0.15, 0.2) is 0 Å². The zero-order valence-electron chi connectivity index (χ0n) is 30.9. The fourth-order valence-electron chi connectivity index (χ4n) is 8.31. The first kappa shape index (κ1) is 34.6. The van der Waals surface area contributed by atoms with Gasteiger partial charge in [-0.05, 0) is 102 Å². The highest BCUT2D eigenvalue weighted by Gasteiger charge is 2.40. The molecule has 0 bridgehead atoms. The zero-order chi connectivity index (χ0) is 39.3. The molecular formula is C50H32N2O6. The molecule has 0 saturated heterocycles. The van der Waals surface area contributed by atoms with Gasteiger partial charge in [0, 0.05) is 50.8 Å². The Hall–Kier alpha value is -7.84. The van der Waals surface area contributed by atoms with Crippen LogP contribution in [0.4, 0.5) is 28.4 Å². The van der Waals surface area contributed by atoms with E-state index in [0.717, 1.165) is 34.1 Å². The summed E-state index contributed by atoms with van der Waals surface area (Å²) < 4.78 is 10.8. The summed E-state index contributed by atoms with van der Waals surface area (Å²) in [6.07, 6.45) is 6.55. The van der Waals surface area contributed by atoms with Crippen LogP contribution < -0.4 is 9.80 Å². The maximum atomic E-state index is 13.8. The second-order valence-corrected chi connectivity index (χ2v) is 14.2. The van der Waals surface area contributed by atoms with Crippen molar-refractivity contribution in [2.45, 2.75) is 12.3 Å². The van der Waals surface area contributed by atoms with Crippen molar-refractivity contribution in [1.82, 2.24) is 0 Å². The van der Waals surface area contributed by atoms with Gasteiger partial charge in [0.2, 0.25) is 0 Å². The average molecular weight is 757 g/mol. The first-order valence-electron chi connectivity index (χ1n) is 18.9. The first-order valence-corrected chi connectivity index (χ1v) is 18.9. The van der Waals surface area contributed by atoms with Crippen LogP contribution in [0.5, 0.6) is 0 Å². The molecule has 7 aromatic rings. The number of allylic oxidation sites excluding steroid dienone is 3. The van der Waals surface area contributed by atoms with E-state index in [1.54, 1.807) is 12.1 Å². The Balaban J connectivity index is 1.08. The molecule has 8 nitrogen and oxygen atoms in total. The van der Waals surface area contributed by atoms with Gasteiger partial charge in [-0.3, -0.25) is 0 Å². The van der Waals surface area contributed by atoms with Gasteiger partial charge >= 0.3 is 23.9 Å². The molecule has 0 fully saturated rings. The molecule has 8 heteroatoms. The summed E-state index contributed by atoms with van der Waals surface area (Å²) in [7, 11) is 0. The summed E-state index contributed by atoms with van der Waals surface area (Å²) in [6.45, 7) is 0. The normalized spacial score (nSPS) is 15.4. The standard InChI is InChI=1S/C50H32N2O6/c53-47-41-29-39(31-21-25-37(26-22-31)51(33-13-5-1-6-14-33)34-15-7-2-8-16-34)45-43-42(48(54)57-49(45)55)30-40(46(44(41)43)50(56)58-47)32-23-27-38(28-24-32)52(35-17-9-3-10-18-35)36-19-11-4-12-20-36/h1-23,25-30,32H,24H2/t32-/m1/s1. The Morgan fingerprint density at radius 1 is 0.448 bits per heavy atom. The predicted molar refractivity (Wildman–Crippen MR) is 223 cm³/mol. The Bertz CT molecular complexity index is 2790. The van der Waals surface area contributed by atoms with E-state index < -0.39 is 23.9 Å². The van der Waals surface area contributed by atoms with Gasteiger partial charge in [-0.2, -0.15) is 0 Å². The van der Waals surface area contributed by atoms with Crippen LogP contribution >= 0.6 is 0 Å². The number of anilines is 5. The minimum atomic E-state index is -0.851. The zero-order valence-corrected chi connectivity index (χ0v) is 30.9. The van der Waals surface area contributed by atoms with E-state index in [1.165, 1.54) is 0 Å². The van der Waals surface area contributed by atoms with Crippen molar-refractivity contribution in [3.05, 3.63) is 209 Å². The van der Waals surface area contributed by atoms with Crippen LogP contribution in [0.15, 0.2) is 182 Å². The summed E-state index contributed by atoms with van der Waals surface area (Å²) in [5.41, 5.74) is 7.67. The van der Waals surface area contributed by atoms with Gasteiger partial charge in [0.05, 0.1) is 22.3 Å². The molecule has 0 amide bonds. The molecule has 2 aliphatic heterocycles. The molecule has 58 heavy (non-hydrogen) atoms. The van der Waals surface area contributed by atoms with Crippen LogP contribution in [0.2, 0.25) is 0 Å². The van der Waals surface area contributed by atoms with Crippen molar-refractivity contribution >= 4 is 63.1 Å². The molecule has 2 heterocycles. The van der Waals surface area contributed by atoms with Crippen LogP contribution in [0.3, 0.4) is 0 Å². The lowest BCUT2D eigenvalue weighted by Crippen LogP contribution is -2.28. The molecule has 0 spiro atoms. The van der Waals surface area contributed by atoms with Crippen LogP contribution in [0.1, 0.15) is 59.3 Å². The number of carbonyl (C=O) groups excluding carboxylic acids is 4. The highest BCUT2D eigenvalue weighted by molar-refractivity contribution is 6.31. The molecule has 3 aliphatic rings. The summed E-state index contributed by atoms with van der Waals surface area (Å²) in [4.78, 5) is 59.0. The van der Waals surface area contributed by atoms with E-state index in [1.807, 2.05) is 158 Å². The van der Waals surface area contributed by atoms with Crippen LogP contribution in [0, 0.1) is 0 Å². The van der Waals surface area contributed by atoms with Crippen molar-refractivity contribution in [3.63, 3.8) is 0 Å². The molecule has 0 aromatic heterocycles. The Morgan fingerprint density at radius 3 is 1.40 bits per heavy atom. The second kappa shape index (κ2) is 14.0. The molecule has 0 N–H and O–H groups in total. The Kier molecular flexibility index (Phi) is 8.38. The lowest BCUT2D eigenvalue weighted by molar-refractivity contribution is 0.0365. The number of ether oxygens (including phenoxy) is 2. The molecule has 10 rings (SSSR count). The first-order chi connectivity index (χ1) is 28.4. The van der Waals surface area contributed by atoms with Crippen molar-refractivity contribution in [1.29, 1.82) is 0 Å². The smallest absolute Gasteiger partial charge is 0.347 e. The average Bonchev–Trinajstić information content (AvgIpc) is 3.26. The highest BCUT2D eigenvalue weighted by atomic mass is 16.6. The molecule has 0 radical (unpaired) electrons. The predicted octanol–water partition coefficient (Wildman–Crippen LogP) is 11.4. The monoisotopic (exact) mass is 756 g/mol. The number of hydrogen-bond donors (Lipinski definition) is 0. The van der Waals surface area contributed by atoms with Gasteiger partial charge < -0.3 is 19.3 Å². The van der Waals surface area contributed by atoms with Crippen molar-refractivity contribution < 1.29 is 28.7 Å². The van der Waals surface area contributed by atoms with E-state index in [2.05, 4.69) is 15.9 Å². The molecule has 1 atom stereocenters. The van der Waals surface area contributed by atoms with Gasteiger partial charge in [-0.25, -0.2) is 19.2 Å². The Labute approximate surface area is 333 Å². The van der Waals surface area contributed by atoms with E-state index in [9.17, 15) is 19.2 Å². The van der Waals surface area contributed by atoms with Crippen molar-refractivity contribution in [2.24, 2.45) is 0 Å². The molecule has 278 valence electrons. The number of rotatable bonds is 8. The maximum absolute atomic E-state index is 13.8. The lowest BCUT2D eigenvalue weighted by Gasteiger charge is -2.30. The number of cyclic esters (lactones) is 4. The van der Waals surface area contributed by atoms with Crippen LogP contribution in [-0.2, 0) is 9.47 Å². The third-order valence-corrected chi connectivity index (χ3v) is 10.9. The minimum Gasteiger partial charge on any atom is -0.386 e. The number of nitrogens with zero attached hydrogens (tertiary/aromatic N) is 2. The van der Waals surface area contributed by atoms with E-state index in [0.29, 0.717) is 23.1 Å². The third-order valence-electron chi connectivity index (χ3n) is 10.9.